The van der Waals surface area contributed by atoms with Crippen molar-refractivity contribution in [3.8, 4) is 0 Å². The smallest absolute Gasteiger partial charge is 0.301 e. The lowest BCUT2D eigenvalue weighted by Crippen LogP contribution is -2.38. The average Bonchev–Trinajstić information content (AvgIpc) is 3.15. The largest absolute Gasteiger partial charge is 0.378 e. The van der Waals surface area contributed by atoms with Crippen LogP contribution in [0.15, 0.2) is 30.5 Å². The topological polar surface area (TPSA) is 68.5 Å². The van der Waals surface area contributed by atoms with Gasteiger partial charge in [0.25, 0.3) is 0 Å². The second-order valence-corrected chi connectivity index (χ2v) is 6.64. The van der Waals surface area contributed by atoms with Crippen molar-refractivity contribution in [2.45, 2.75) is 31.8 Å². The Bertz CT molecular complexity index is 750. The molecule has 0 amide bonds. The van der Waals surface area contributed by atoms with E-state index in [1.54, 1.807) is 18.3 Å². The van der Waals surface area contributed by atoms with Crippen molar-refractivity contribution < 1.29 is 9.66 Å². The third-order valence-electron chi connectivity index (χ3n) is 5.29. The van der Waals surface area contributed by atoms with Crippen molar-refractivity contribution in [2.75, 3.05) is 24.6 Å². The molecule has 1 aromatic carbocycles. The summed E-state index contributed by atoms with van der Waals surface area (Å²) in [6.45, 7) is 2.57. The molecule has 2 fully saturated rings. The van der Waals surface area contributed by atoms with Crippen LogP contribution in [0.2, 0.25) is 0 Å². The number of rotatable bonds is 3. The van der Waals surface area contributed by atoms with Gasteiger partial charge in [-0.05, 0) is 55.9 Å². The number of anilines is 1. The van der Waals surface area contributed by atoms with Crippen LogP contribution in [0.5, 0.6) is 0 Å². The molecule has 2 aliphatic heterocycles. The standard InChI is InChI=1S/C18H21N3O3/c22-21(23)18-14-3-1-9-19-15(14)5-6-16(18)20-10-7-13(8-11-20)17-4-2-12-24-17/h1,3,5-6,9,13,17H,2,4,7-8,10-12H2. The molecule has 0 N–H and O–H groups in total. The van der Waals surface area contributed by atoms with E-state index in [1.807, 2.05) is 12.1 Å². The molecule has 2 aliphatic rings. The van der Waals surface area contributed by atoms with Crippen LogP contribution in [0.3, 0.4) is 0 Å². The van der Waals surface area contributed by atoms with Gasteiger partial charge in [-0.1, -0.05) is 0 Å². The van der Waals surface area contributed by atoms with Crippen LogP contribution in [0.25, 0.3) is 10.9 Å². The van der Waals surface area contributed by atoms with Crippen LogP contribution in [-0.4, -0.2) is 35.7 Å². The number of aromatic nitrogens is 1. The fourth-order valence-corrected chi connectivity index (χ4v) is 4.06. The van der Waals surface area contributed by atoms with Gasteiger partial charge in [0.05, 0.1) is 21.9 Å². The fraction of sp³-hybridized carbons (Fsp3) is 0.500. The van der Waals surface area contributed by atoms with Crippen molar-refractivity contribution in [3.63, 3.8) is 0 Å². The third-order valence-corrected chi connectivity index (χ3v) is 5.29. The van der Waals surface area contributed by atoms with E-state index in [-0.39, 0.29) is 10.6 Å². The summed E-state index contributed by atoms with van der Waals surface area (Å²) in [6, 6.07) is 7.26. The number of ether oxygens (including phenoxy) is 1. The minimum Gasteiger partial charge on any atom is -0.378 e. The van der Waals surface area contributed by atoms with Crippen molar-refractivity contribution in [1.82, 2.24) is 4.98 Å². The number of fused-ring (bicyclic) bond motifs is 1. The molecular weight excluding hydrogens is 306 g/mol. The Balaban J connectivity index is 1.60. The zero-order valence-electron chi connectivity index (χ0n) is 13.6. The van der Waals surface area contributed by atoms with Crippen LogP contribution >= 0.6 is 0 Å². The first kappa shape index (κ1) is 15.3. The van der Waals surface area contributed by atoms with Gasteiger partial charge in [0.1, 0.15) is 5.69 Å². The zero-order chi connectivity index (χ0) is 16.5. The molecule has 1 unspecified atom stereocenters. The highest BCUT2D eigenvalue weighted by atomic mass is 16.6. The number of nitro groups is 1. The molecule has 0 radical (unpaired) electrons. The van der Waals surface area contributed by atoms with E-state index < -0.39 is 0 Å². The van der Waals surface area contributed by atoms with Gasteiger partial charge in [0.2, 0.25) is 0 Å². The molecule has 0 bridgehead atoms. The van der Waals surface area contributed by atoms with E-state index in [2.05, 4.69) is 9.88 Å². The van der Waals surface area contributed by atoms with Gasteiger partial charge in [-0.25, -0.2) is 0 Å². The van der Waals surface area contributed by atoms with E-state index in [0.29, 0.717) is 28.6 Å². The Morgan fingerprint density at radius 3 is 2.75 bits per heavy atom. The number of hydrogen-bond acceptors (Lipinski definition) is 5. The lowest BCUT2D eigenvalue weighted by Gasteiger charge is -2.35. The fourth-order valence-electron chi connectivity index (χ4n) is 4.06. The Labute approximate surface area is 140 Å². The molecule has 0 aliphatic carbocycles. The predicted molar refractivity (Wildman–Crippen MR) is 92.3 cm³/mol. The van der Waals surface area contributed by atoms with Crippen LogP contribution in [0, 0.1) is 16.0 Å². The molecule has 6 heteroatoms. The first-order valence-electron chi connectivity index (χ1n) is 8.63. The number of hydrogen-bond donors (Lipinski definition) is 0. The van der Waals surface area contributed by atoms with Gasteiger partial charge in [-0.3, -0.25) is 15.1 Å². The second kappa shape index (κ2) is 6.36. The van der Waals surface area contributed by atoms with Gasteiger partial charge >= 0.3 is 5.69 Å². The van der Waals surface area contributed by atoms with E-state index >= 15 is 0 Å². The van der Waals surface area contributed by atoms with Crippen LogP contribution < -0.4 is 4.90 Å². The third kappa shape index (κ3) is 2.71. The molecule has 2 saturated heterocycles. The number of pyridine rings is 1. The Kier molecular flexibility index (Phi) is 4.06. The van der Waals surface area contributed by atoms with E-state index in [9.17, 15) is 10.1 Å². The van der Waals surface area contributed by atoms with E-state index in [1.165, 1.54) is 0 Å². The first-order chi connectivity index (χ1) is 11.7. The lowest BCUT2D eigenvalue weighted by atomic mass is 9.89. The summed E-state index contributed by atoms with van der Waals surface area (Å²) in [5.74, 6) is 0.588. The number of nitro benzene ring substituents is 1. The monoisotopic (exact) mass is 327 g/mol. The minimum atomic E-state index is -0.272. The predicted octanol–water partition coefficient (Wildman–Crippen LogP) is 3.54. The Morgan fingerprint density at radius 1 is 1.21 bits per heavy atom. The number of piperidine rings is 1. The quantitative estimate of drug-likeness (QED) is 0.637. The summed E-state index contributed by atoms with van der Waals surface area (Å²) >= 11 is 0. The van der Waals surface area contributed by atoms with E-state index in [0.717, 1.165) is 45.4 Å². The molecule has 2 aromatic rings. The molecule has 4 rings (SSSR count). The Hall–Kier alpha value is -2.21. The maximum atomic E-state index is 11.7. The lowest BCUT2D eigenvalue weighted by molar-refractivity contribution is -0.382. The molecular formula is C18H21N3O3. The molecule has 0 spiro atoms. The van der Waals surface area contributed by atoms with E-state index in [4.69, 9.17) is 4.74 Å². The van der Waals surface area contributed by atoms with Crippen molar-refractivity contribution in [3.05, 3.63) is 40.6 Å². The molecule has 6 nitrogen and oxygen atoms in total. The minimum absolute atomic E-state index is 0.177. The summed E-state index contributed by atoms with van der Waals surface area (Å²) in [5.41, 5.74) is 1.56. The van der Waals surface area contributed by atoms with Crippen LogP contribution in [-0.2, 0) is 4.74 Å². The normalized spacial score (nSPS) is 22.2. The molecule has 1 aromatic heterocycles. The summed E-state index contributed by atoms with van der Waals surface area (Å²) in [7, 11) is 0. The highest BCUT2D eigenvalue weighted by Gasteiger charge is 2.32. The van der Waals surface area contributed by atoms with Gasteiger partial charge in [0, 0.05) is 25.9 Å². The SMILES string of the molecule is O=[N+]([O-])c1c(N2CCC(C3CCCO3)CC2)ccc2ncccc12. The second-order valence-electron chi connectivity index (χ2n) is 6.64. The Morgan fingerprint density at radius 2 is 2.04 bits per heavy atom. The molecule has 1 atom stereocenters. The number of benzene rings is 1. The highest BCUT2D eigenvalue weighted by molar-refractivity contribution is 5.94. The summed E-state index contributed by atoms with van der Waals surface area (Å²) in [6.07, 6.45) is 6.45. The summed E-state index contributed by atoms with van der Waals surface area (Å²) in [5, 5.41) is 12.3. The van der Waals surface area contributed by atoms with Crippen LogP contribution in [0.4, 0.5) is 11.4 Å². The first-order valence-corrected chi connectivity index (χ1v) is 8.63. The molecule has 3 heterocycles. The molecule has 126 valence electrons. The van der Waals surface area contributed by atoms with Crippen LogP contribution in [0.1, 0.15) is 25.7 Å². The van der Waals surface area contributed by atoms with Gasteiger partial charge in [-0.2, -0.15) is 0 Å². The zero-order valence-corrected chi connectivity index (χ0v) is 13.6. The summed E-state index contributed by atoms with van der Waals surface area (Å²) < 4.78 is 5.82. The maximum absolute atomic E-state index is 11.7. The van der Waals surface area contributed by atoms with Crippen molar-refractivity contribution >= 4 is 22.3 Å². The molecule has 24 heavy (non-hydrogen) atoms. The maximum Gasteiger partial charge on any atom is 0.301 e. The average molecular weight is 327 g/mol. The highest BCUT2D eigenvalue weighted by Crippen LogP contribution is 2.38. The van der Waals surface area contributed by atoms with Gasteiger partial charge in [0.15, 0.2) is 0 Å². The summed E-state index contributed by atoms with van der Waals surface area (Å²) in [4.78, 5) is 17.8. The van der Waals surface area contributed by atoms with Gasteiger partial charge < -0.3 is 9.64 Å². The van der Waals surface area contributed by atoms with Gasteiger partial charge in [-0.15, -0.1) is 0 Å². The molecule has 0 saturated carbocycles. The van der Waals surface area contributed by atoms with Crippen molar-refractivity contribution in [1.29, 1.82) is 0 Å². The van der Waals surface area contributed by atoms with Crippen molar-refractivity contribution in [2.24, 2.45) is 5.92 Å². The number of nitrogens with zero attached hydrogens (tertiary/aromatic N) is 3.